The van der Waals surface area contributed by atoms with Crippen LogP contribution >= 0.6 is 0 Å². The first-order valence-corrected chi connectivity index (χ1v) is 11.1. The Morgan fingerprint density at radius 3 is 2.35 bits per heavy atom. The van der Waals surface area contributed by atoms with E-state index in [-0.39, 0.29) is 12.3 Å². The molecular formula is C23H33N5O6. The van der Waals surface area contributed by atoms with Gasteiger partial charge in [0.15, 0.2) is 0 Å². The average molecular weight is 476 g/mol. The number of benzene rings is 1. The lowest BCUT2D eigenvalue weighted by Crippen LogP contribution is -2.59. The molecule has 0 aliphatic rings. The lowest BCUT2D eigenvalue weighted by atomic mass is 9.96. The third kappa shape index (κ3) is 7.03. The summed E-state index contributed by atoms with van der Waals surface area (Å²) < 4.78 is 0. The predicted molar refractivity (Wildman–Crippen MR) is 126 cm³/mol. The summed E-state index contributed by atoms with van der Waals surface area (Å²) >= 11 is 0. The molecule has 0 aliphatic heterocycles. The maximum atomic E-state index is 13.2. The number of aromatic nitrogens is 1. The molecule has 11 heteroatoms. The second-order valence-electron chi connectivity index (χ2n) is 8.37. The number of rotatable bonds is 12. The van der Waals surface area contributed by atoms with Gasteiger partial charge in [-0.1, -0.05) is 38.5 Å². The fraction of sp³-hybridized carbons (Fsp3) is 0.478. The molecule has 11 nitrogen and oxygen atoms in total. The number of fused-ring (bicyclic) bond motifs is 1. The number of carboxylic acids is 1. The van der Waals surface area contributed by atoms with Gasteiger partial charge in [-0.3, -0.25) is 19.2 Å². The molecule has 186 valence electrons. The zero-order valence-corrected chi connectivity index (χ0v) is 19.5. The number of amides is 3. The molecular weight excluding hydrogens is 442 g/mol. The summed E-state index contributed by atoms with van der Waals surface area (Å²) in [5, 5.41) is 26.9. The van der Waals surface area contributed by atoms with Gasteiger partial charge in [0.1, 0.15) is 24.7 Å². The maximum absolute atomic E-state index is 13.2. The highest BCUT2D eigenvalue weighted by molar-refractivity contribution is 5.94. The van der Waals surface area contributed by atoms with Crippen LogP contribution in [0.2, 0.25) is 0 Å². The highest BCUT2D eigenvalue weighted by Gasteiger charge is 2.32. The Morgan fingerprint density at radius 1 is 1.06 bits per heavy atom. The number of carboxylic acid groups (broad SMARTS) is 1. The molecule has 0 bridgehead atoms. The molecule has 0 spiro atoms. The molecule has 5 unspecified atom stereocenters. The van der Waals surface area contributed by atoms with Crippen molar-refractivity contribution in [3.63, 3.8) is 0 Å². The first-order valence-electron chi connectivity index (χ1n) is 11.1. The van der Waals surface area contributed by atoms with Crippen LogP contribution in [0.3, 0.4) is 0 Å². The van der Waals surface area contributed by atoms with E-state index >= 15 is 0 Å². The molecule has 5 atom stereocenters. The van der Waals surface area contributed by atoms with Gasteiger partial charge >= 0.3 is 5.97 Å². The summed E-state index contributed by atoms with van der Waals surface area (Å²) in [5.74, 6) is -3.51. The Labute approximate surface area is 197 Å². The molecule has 0 aliphatic carbocycles. The van der Waals surface area contributed by atoms with E-state index in [1.165, 1.54) is 6.92 Å². The van der Waals surface area contributed by atoms with Crippen LogP contribution in [0.15, 0.2) is 30.5 Å². The van der Waals surface area contributed by atoms with E-state index in [2.05, 4.69) is 20.9 Å². The van der Waals surface area contributed by atoms with Crippen molar-refractivity contribution in [2.24, 2.45) is 11.7 Å². The molecule has 8 N–H and O–H groups in total. The number of carbonyl (C=O) groups excluding carboxylic acids is 3. The third-order valence-corrected chi connectivity index (χ3v) is 5.76. The SMILES string of the molecule is CCC(C)C(NC(=O)C(N)C(C)O)C(=O)NC(Cc1c[nH]c2ccccc12)C(=O)NCC(=O)O. The Bertz CT molecular complexity index is 1020. The quantitative estimate of drug-likeness (QED) is 0.218. The highest BCUT2D eigenvalue weighted by Crippen LogP contribution is 2.19. The minimum absolute atomic E-state index is 0.0928. The summed E-state index contributed by atoms with van der Waals surface area (Å²) in [6, 6.07) is 4.11. The zero-order valence-electron chi connectivity index (χ0n) is 19.5. The van der Waals surface area contributed by atoms with E-state index in [1.54, 1.807) is 13.1 Å². The number of hydrogen-bond donors (Lipinski definition) is 7. The number of aliphatic hydroxyl groups is 1. The normalized spacial score (nSPS) is 15.6. The smallest absolute Gasteiger partial charge is 0.322 e. The molecule has 1 heterocycles. The van der Waals surface area contributed by atoms with Crippen molar-refractivity contribution in [3.05, 3.63) is 36.0 Å². The van der Waals surface area contributed by atoms with Gasteiger partial charge in [-0.25, -0.2) is 0 Å². The summed E-state index contributed by atoms with van der Waals surface area (Å²) in [6.45, 7) is 4.37. The second kappa shape index (κ2) is 12.1. The number of aliphatic hydroxyl groups excluding tert-OH is 1. The van der Waals surface area contributed by atoms with Crippen LogP contribution in [0.4, 0.5) is 0 Å². The Kier molecular flexibility index (Phi) is 9.58. The lowest BCUT2D eigenvalue weighted by Gasteiger charge is -2.27. The van der Waals surface area contributed by atoms with E-state index in [1.807, 2.05) is 31.2 Å². The number of aliphatic carboxylic acids is 1. The molecule has 0 radical (unpaired) electrons. The van der Waals surface area contributed by atoms with Crippen molar-refractivity contribution in [2.45, 2.75) is 57.8 Å². The maximum Gasteiger partial charge on any atom is 0.322 e. The second-order valence-corrected chi connectivity index (χ2v) is 8.37. The van der Waals surface area contributed by atoms with Gasteiger partial charge in [-0.2, -0.15) is 0 Å². The van der Waals surface area contributed by atoms with Crippen molar-refractivity contribution < 1.29 is 29.4 Å². The molecule has 0 saturated heterocycles. The zero-order chi connectivity index (χ0) is 25.4. The molecule has 1 aromatic heterocycles. The number of hydrogen-bond acceptors (Lipinski definition) is 6. The van der Waals surface area contributed by atoms with Crippen LogP contribution < -0.4 is 21.7 Å². The van der Waals surface area contributed by atoms with Crippen LogP contribution in [-0.4, -0.2) is 69.7 Å². The molecule has 1 aromatic carbocycles. The first-order chi connectivity index (χ1) is 16.0. The third-order valence-electron chi connectivity index (χ3n) is 5.76. The summed E-state index contributed by atoms with van der Waals surface area (Å²) in [7, 11) is 0. The van der Waals surface area contributed by atoms with Gasteiger partial charge < -0.3 is 36.9 Å². The topological polar surface area (TPSA) is 187 Å². The van der Waals surface area contributed by atoms with Crippen LogP contribution in [-0.2, 0) is 25.6 Å². The minimum atomic E-state index is -1.22. The predicted octanol–water partition coefficient (Wildman–Crippen LogP) is -0.365. The van der Waals surface area contributed by atoms with Crippen LogP contribution in [0.25, 0.3) is 10.9 Å². The minimum Gasteiger partial charge on any atom is -0.480 e. The van der Waals surface area contributed by atoms with Crippen molar-refractivity contribution >= 4 is 34.6 Å². The number of carbonyl (C=O) groups is 4. The summed E-state index contributed by atoms with van der Waals surface area (Å²) in [5.41, 5.74) is 7.30. The van der Waals surface area contributed by atoms with Gasteiger partial charge in [0.2, 0.25) is 17.7 Å². The van der Waals surface area contributed by atoms with Gasteiger partial charge in [0, 0.05) is 23.5 Å². The van der Waals surface area contributed by atoms with Gasteiger partial charge in [0.25, 0.3) is 0 Å². The van der Waals surface area contributed by atoms with Crippen molar-refractivity contribution in [1.82, 2.24) is 20.9 Å². The monoisotopic (exact) mass is 475 g/mol. The average Bonchev–Trinajstić information content (AvgIpc) is 3.21. The molecule has 3 amide bonds. The van der Waals surface area contributed by atoms with E-state index < -0.39 is 54.5 Å². The van der Waals surface area contributed by atoms with Crippen LogP contribution in [0.1, 0.15) is 32.8 Å². The van der Waals surface area contributed by atoms with E-state index in [4.69, 9.17) is 10.8 Å². The van der Waals surface area contributed by atoms with Gasteiger partial charge in [-0.05, 0) is 24.5 Å². The largest absolute Gasteiger partial charge is 0.480 e. The number of para-hydroxylation sites is 1. The van der Waals surface area contributed by atoms with Gasteiger partial charge in [0.05, 0.1) is 6.10 Å². The van der Waals surface area contributed by atoms with E-state index in [0.717, 1.165) is 16.5 Å². The summed E-state index contributed by atoms with van der Waals surface area (Å²) in [4.78, 5) is 52.4. The van der Waals surface area contributed by atoms with Gasteiger partial charge in [-0.15, -0.1) is 0 Å². The number of nitrogens with one attached hydrogen (secondary N) is 4. The standard InChI is InChI=1S/C23H33N5O6/c1-4-12(2)20(28-22(33)19(24)13(3)29)23(34)27-17(21(32)26-11-18(30)31)9-14-10-25-16-8-6-5-7-15(14)16/h5-8,10,12-13,17,19-20,25,29H,4,9,11,24H2,1-3H3,(H,26,32)(H,27,34)(H,28,33)(H,30,31). The van der Waals surface area contributed by atoms with E-state index in [0.29, 0.717) is 6.42 Å². The Hall–Kier alpha value is -3.44. The Morgan fingerprint density at radius 2 is 1.74 bits per heavy atom. The van der Waals surface area contributed by atoms with Crippen LogP contribution in [0, 0.1) is 5.92 Å². The number of aromatic amines is 1. The fourth-order valence-electron chi connectivity index (χ4n) is 3.45. The van der Waals surface area contributed by atoms with Crippen molar-refractivity contribution in [1.29, 1.82) is 0 Å². The van der Waals surface area contributed by atoms with E-state index in [9.17, 15) is 24.3 Å². The molecule has 2 rings (SSSR count). The molecule has 2 aromatic rings. The lowest BCUT2D eigenvalue weighted by molar-refractivity contribution is -0.138. The molecule has 0 saturated carbocycles. The fourth-order valence-corrected chi connectivity index (χ4v) is 3.45. The summed E-state index contributed by atoms with van der Waals surface area (Å²) in [6.07, 6.45) is 1.25. The van der Waals surface area contributed by atoms with Crippen molar-refractivity contribution in [3.8, 4) is 0 Å². The highest BCUT2D eigenvalue weighted by atomic mass is 16.4. The Balaban J connectivity index is 2.27. The number of nitrogens with two attached hydrogens (primary N) is 1. The molecule has 34 heavy (non-hydrogen) atoms. The number of H-pyrrole nitrogens is 1. The van der Waals surface area contributed by atoms with Crippen LogP contribution in [0.5, 0.6) is 0 Å². The van der Waals surface area contributed by atoms with Crippen molar-refractivity contribution in [2.75, 3.05) is 6.54 Å². The first kappa shape index (κ1) is 26.8. The molecule has 0 fully saturated rings.